The lowest BCUT2D eigenvalue weighted by molar-refractivity contribution is 0.0792. The van der Waals surface area contributed by atoms with Gasteiger partial charge in [-0.3, -0.25) is 4.79 Å². The molecule has 0 saturated heterocycles. The molecular weight excluding hydrogens is 312 g/mol. The molecule has 25 heavy (non-hydrogen) atoms. The van der Waals surface area contributed by atoms with Crippen LogP contribution < -0.4 is 9.47 Å². The van der Waals surface area contributed by atoms with Crippen LogP contribution in [-0.2, 0) is 10.8 Å². The second-order valence-electron chi connectivity index (χ2n) is 8.13. The third-order valence-corrected chi connectivity index (χ3v) is 7.75. The Labute approximate surface area is 148 Å². The molecule has 0 N–H and O–H groups in total. The zero-order valence-electron chi connectivity index (χ0n) is 15.3. The van der Waals surface area contributed by atoms with E-state index in [2.05, 4.69) is 39.0 Å². The van der Waals surface area contributed by atoms with Gasteiger partial charge in [0.2, 0.25) is 0 Å². The van der Waals surface area contributed by atoms with Crippen LogP contribution in [0, 0.1) is 5.41 Å². The van der Waals surface area contributed by atoms with Gasteiger partial charge in [0.05, 0.1) is 19.6 Å². The SMILES string of the molecule is COc1cc(OC)c2c(c1)C(=O)[C@]1(C)c3ccccc3C3C2(C)[C@@]31C. The first-order valence-corrected chi connectivity index (χ1v) is 8.78. The number of hydrogen-bond donors (Lipinski definition) is 0. The van der Waals surface area contributed by atoms with Crippen molar-refractivity contribution in [1.29, 1.82) is 0 Å². The van der Waals surface area contributed by atoms with Gasteiger partial charge in [0.1, 0.15) is 11.5 Å². The lowest BCUT2D eigenvalue weighted by atomic mass is 9.58. The monoisotopic (exact) mass is 334 g/mol. The van der Waals surface area contributed by atoms with E-state index < -0.39 is 5.41 Å². The molecule has 5 rings (SSSR count). The third kappa shape index (κ3) is 1.23. The van der Waals surface area contributed by atoms with E-state index in [4.69, 9.17) is 9.47 Å². The number of ether oxygens (including phenoxy) is 2. The van der Waals surface area contributed by atoms with Crippen LogP contribution in [0.1, 0.15) is 53.7 Å². The fraction of sp³-hybridized carbons (Fsp3) is 0.409. The summed E-state index contributed by atoms with van der Waals surface area (Å²) in [5.74, 6) is 1.96. The van der Waals surface area contributed by atoms with E-state index in [1.807, 2.05) is 18.2 Å². The fourth-order valence-electron chi connectivity index (χ4n) is 6.33. The van der Waals surface area contributed by atoms with E-state index in [9.17, 15) is 4.79 Å². The van der Waals surface area contributed by atoms with Gasteiger partial charge in [-0.1, -0.05) is 38.1 Å². The molecule has 0 aromatic heterocycles. The van der Waals surface area contributed by atoms with Crippen molar-refractivity contribution in [2.75, 3.05) is 14.2 Å². The predicted molar refractivity (Wildman–Crippen MR) is 95.9 cm³/mol. The minimum atomic E-state index is -0.507. The number of methoxy groups -OCH3 is 2. The van der Waals surface area contributed by atoms with Crippen LogP contribution in [0.25, 0.3) is 0 Å². The van der Waals surface area contributed by atoms with Crippen LogP contribution in [0.15, 0.2) is 36.4 Å². The Morgan fingerprint density at radius 1 is 1.00 bits per heavy atom. The van der Waals surface area contributed by atoms with Crippen molar-refractivity contribution in [2.24, 2.45) is 5.41 Å². The molecule has 0 bridgehead atoms. The summed E-state index contributed by atoms with van der Waals surface area (Å²) in [6.07, 6.45) is 0. The molecule has 0 heterocycles. The predicted octanol–water partition coefficient (Wildman–Crippen LogP) is 4.23. The molecule has 2 aromatic rings. The molecular formula is C22H22O3. The number of rotatable bonds is 2. The lowest BCUT2D eigenvalue weighted by Crippen LogP contribution is -2.47. The summed E-state index contributed by atoms with van der Waals surface area (Å²) in [6.45, 7) is 6.71. The second-order valence-corrected chi connectivity index (χ2v) is 8.13. The summed E-state index contributed by atoms with van der Waals surface area (Å²) in [4.78, 5) is 13.8. The van der Waals surface area contributed by atoms with E-state index in [1.165, 1.54) is 11.1 Å². The van der Waals surface area contributed by atoms with Crippen LogP contribution in [0.2, 0.25) is 0 Å². The molecule has 128 valence electrons. The zero-order chi connectivity index (χ0) is 17.8. The van der Waals surface area contributed by atoms with Gasteiger partial charge < -0.3 is 9.47 Å². The fourth-order valence-corrected chi connectivity index (χ4v) is 6.33. The highest BCUT2D eigenvalue weighted by molar-refractivity contribution is 6.11. The quantitative estimate of drug-likeness (QED) is 0.824. The van der Waals surface area contributed by atoms with Gasteiger partial charge >= 0.3 is 0 Å². The summed E-state index contributed by atoms with van der Waals surface area (Å²) < 4.78 is 11.1. The van der Waals surface area contributed by atoms with Crippen molar-refractivity contribution < 1.29 is 14.3 Å². The van der Waals surface area contributed by atoms with E-state index >= 15 is 0 Å². The van der Waals surface area contributed by atoms with Gasteiger partial charge in [0, 0.05) is 33.9 Å². The molecule has 4 atom stereocenters. The number of hydrogen-bond acceptors (Lipinski definition) is 3. The molecule has 3 aliphatic rings. The minimum absolute atomic E-state index is 0.100. The van der Waals surface area contributed by atoms with Crippen LogP contribution in [0.4, 0.5) is 0 Å². The highest BCUT2D eigenvalue weighted by atomic mass is 16.5. The molecule has 3 heteroatoms. The highest BCUT2D eigenvalue weighted by Crippen LogP contribution is 2.88. The van der Waals surface area contributed by atoms with Gasteiger partial charge in [0.25, 0.3) is 0 Å². The Bertz CT molecular complexity index is 962. The largest absolute Gasteiger partial charge is 0.497 e. The van der Waals surface area contributed by atoms with E-state index in [-0.39, 0.29) is 16.6 Å². The van der Waals surface area contributed by atoms with E-state index in [1.54, 1.807) is 14.2 Å². The molecule has 1 fully saturated rings. The smallest absolute Gasteiger partial charge is 0.174 e. The number of fused-ring (bicyclic) bond motifs is 6. The second kappa shape index (κ2) is 4.09. The minimum Gasteiger partial charge on any atom is -0.497 e. The average Bonchev–Trinajstić information content (AvgIpc) is 3.06. The van der Waals surface area contributed by atoms with Crippen molar-refractivity contribution in [2.45, 2.75) is 37.5 Å². The normalized spacial score (nSPS) is 36.4. The summed E-state index contributed by atoms with van der Waals surface area (Å²) in [5.41, 5.74) is 3.61. The highest BCUT2D eigenvalue weighted by Gasteiger charge is 2.86. The zero-order valence-corrected chi connectivity index (χ0v) is 15.3. The average molecular weight is 334 g/mol. The summed E-state index contributed by atoms with van der Waals surface area (Å²) in [5, 5.41) is 0. The van der Waals surface area contributed by atoms with Crippen LogP contribution >= 0.6 is 0 Å². The molecule has 1 saturated carbocycles. The van der Waals surface area contributed by atoms with Gasteiger partial charge in [-0.05, 0) is 24.1 Å². The molecule has 3 aliphatic carbocycles. The summed E-state index contributed by atoms with van der Waals surface area (Å²) in [6, 6.07) is 12.3. The number of ketones is 1. The van der Waals surface area contributed by atoms with Crippen molar-refractivity contribution in [3.8, 4) is 11.5 Å². The summed E-state index contributed by atoms with van der Waals surface area (Å²) in [7, 11) is 3.30. The van der Waals surface area contributed by atoms with Crippen molar-refractivity contribution in [3.05, 3.63) is 58.7 Å². The molecule has 0 spiro atoms. The van der Waals surface area contributed by atoms with Gasteiger partial charge in [-0.2, -0.15) is 0 Å². The first-order chi connectivity index (χ1) is 11.9. The lowest BCUT2D eigenvalue weighted by Gasteiger charge is -2.43. The Morgan fingerprint density at radius 2 is 1.72 bits per heavy atom. The number of benzene rings is 2. The Hall–Kier alpha value is -2.29. The first kappa shape index (κ1) is 15.0. The van der Waals surface area contributed by atoms with E-state index in [0.717, 1.165) is 16.9 Å². The van der Waals surface area contributed by atoms with Gasteiger partial charge in [-0.25, -0.2) is 0 Å². The molecule has 2 unspecified atom stereocenters. The Balaban J connectivity index is 1.90. The summed E-state index contributed by atoms with van der Waals surface area (Å²) >= 11 is 0. The number of carbonyl (C=O) groups is 1. The standard InChI is InChI=1S/C22H22O3/c1-20-15-9-7-6-8-13(15)18-21(2,22(18,20)3)17-14(19(20)23)10-12(24-4)11-16(17)25-5/h6-11,18H,1-5H3/t18?,20-,21?,22-/m0/s1. The van der Waals surface area contributed by atoms with Crippen molar-refractivity contribution >= 4 is 5.78 Å². The number of carbonyl (C=O) groups excluding carboxylic acids is 1. The van der Waals surface area contributed by atoms with Crippen molar-refractivity contribution in [3.63, 3.8) is 0 Å². The van der Waals surface area contributed by atoms with Crippen LogP contribution in [0.3, 0.4) is 0 Å². The van der Waals surface area contributed by atoms with E-state index in [0.29, 0.717) is 11.7 Å². The van der Waals surface area contributed by atoms with Gasteiger partial charge in [0.15, 0.2) is 5.78 Å². The molecule has 0 amide bonds. The van der Waals surface area contributed by atoms with Crippen LogP contribution in [0.5, 0.6) is 11.5 Å². The van der Waals surface area contributed by atoms with Gasteiger partial charge in [-0.15, -0.1) is 0 Å². The molecule has 2 aromatic carbocycles. The van der Waals surface area contributed by atoms with Crippen LogP contribution in [-0.4, -0.2) is 20.0 Å². The maximum atomic E-state index is 13.8. The number of Topliss-reactive ketones (excluding diaryl/α,β-unsaturated/α-hetero) is 1. The Kier molecular flexibility index (Phi) is 2.45. The molecule has 0 radical (unpaired) electrons. The molecule has 0 aliphatic heterocycles. The maximum absolute atomic E-state index is 13.8. The topological polar surface area (TPSA) is 35.5 Å². The van der Waals surface area contributed by atoms with Crippen molar-refractivity contribution in [1.82, 2.24) is 0 Å². The molecule has 3 nitrogen and oxygen atoms in total. The third-order valence-electron chi connectivity index (χ3n) is 7.75. The Morgan fingerprint density at radius 3 is 2.40 bits per heavy atom. The first-order valence-electron chi connectivity index (χ1n) is 8.78. The maximum Gasteiger partial charge on any atom is 0.174 e.